The van der Waals surface area contributed by atoms with Crippen LogP contribution in [-0.4, -0.2) is 58.8 Å². The summed E-state index contributed by atoms with van der Waals surface area (Å²) in [5, 5.41) is 4.53. The molecule has 1 saturated heterocycles. The first-order valence-electron chi connectivity index (χ1n) is 12.5. The van der Waals surface area contributed by atoms with Crippen LogP contribution in [0.15, 0.2) is 91.1 Å². The number of H-pyrrole nitrogens is 1. The molecule has 1 aromatic heterocycles. The van der Waals surface area contributed by atoms with Gasteiger partial charge in [-0.1, -0.05) is 78.9 Å². The minimum absolute atomic E-state index is 0.0195. The van der Waals surface area contributed by atoms with E-state index >= 15 is 0 Å². The molecule has 0 aliphatic carbocycles. The van der Waals surface area contributed by atoms with E-state index in [0.29, 0.717) is 32.5 Å². The Kier molecular flexibility index (Phi) is 7.14. The molecule has 0 bridgehead atoms. The van der Waals surface area contributed by atoms with Crippen LogP contribution in [0.25, 0.3) is 10.9 Å². The first-order valence-corrected chi connectivity index (χ1v) is 12.5. The Morgan fingerprint density at radius 1 is 0.972 bits per heavy atom. The molecule has 0 radical (unpaired) electrons. The number of rotatable bonds is 8. The Bertz CT molecular complexity index is 1320. The Balaban J connectivity index is 1.38. The van der Waals surface area contributed by atoms with Gasteiger partial charge in [0.25, 0.3) is 0 Å². The van der Waals surface area contributed by atoms with Crippen molar-refractivity contribution in [1.29, 1.82) is 0 Å². The molecule has 36 heavy (non-hydrogen) atoms. The second kappa shape index (κ2) is 10.8. The molecule has 3 aromatic carbocycles. The van der Waals surface area contributed by atoms with Crippen LogP contribution in [0.1, 0.15) is 16.7 Å². The third kappa shape index (κ3) is 5.19. The van der Waals surface area contributed by atoms with Crippen molar-refractivity contribution in [3.63, 3.8) is 0 Å². The number of nitrogens with zero attached hydrogens (tertiary/aromatic N) is 2. The molecule has 0 unspecified atom stereocenters. The summed E-state index contributed by atoms with van der Waals surface area (Å²) in [5.74, 6) is -0.0577. The number of hydrogen-bond donors (Lipinski definition) is 2. The maximum absolute atomic E-state index is 13.8. The summed E-state index contributed by atoms with van der Waals surface area (Å²) in [6.07, 6.45) is 3.05. The first kappa shape index (κ1) is 23.8. The predicted octanol–water partition coefficient (Wildman–Crippen LogP) is 3.78. The minimum Gasteiger partial charge on any atom is -0.361 e. The van der Waals surface area contributed by atoms with Crippen molar-refractivity contribution in [2.75, 3.05) is 20.1 Å². The summed E-state index contributed by atoms with van der Waals surface area (Å²) in [4.78, 5) is 34.4. The molecule has 4 aromatic rings. The van der Waals surface area contributed by atoms with Gasteiger partial charge in [-0.05, 0) is 29.2 Å². The lowest BCUT2D eigenvalue weighted by molar-refractivity contribution is -0.148. The average molecular weight is 481 g/mol. The summed E-state index contributed by atoms with van der Waals surface area (Å²) >= 11 is 0. The molecule has 1 fully saturated rings. The van der Waals surface area contributed by atoms with Gasteiger partial charge >= 0.3 is 0 Å². The molecule has 184 valence electrons. The quantitative estimate of drug-likeness (QED) is 0.403. The maximum Gasteiger partial charge on any atom is 0.245 e. The topological polar surface area (TPSA) is 68.4 Å². The van der Waals surface area contributed by atoms with Gasteiger partial charge < -0.3 is 20.1 Å². The highest BCUT2D eigenvalue weighted by molar-refractivity contribution is 5.91. The Hall–Kier alpha value is -3.90. The van der Waals surface area contributed by atoms with Crippen LogP contribution in [0.5, 0.6) is 0 Å². The van der Waals surface area contributed by atoms with Gasteiger partial charge in [-0.3, -0.25) is 9.59 Å². The van der Waals surface area contributed by atoms with Crippen LogP contribution in [0.4, 0.5) is 0 Å². The number of para-hydroxylation sites is 1. The second-order valence-electron chi connectivity index (χ2n) is 9.49. The molecule has 2 N–H and O–H groups in total. The van der Waals surface area contributed by atoms with Gasteiger partial charge in [0, 0.05) is 50.2 Å². The third-order valence-electron chi connectivity index (χ3n) is 7.00. The summed E-state index contributed by atoms with van der Waals surface area (Å²) < 4.78 is 0. The van der Waals surface area contributed by atoms with E-state index in [4.69, 9.17) is 0 Å². The molecule has 6 nitrogen and oxygen atoms in total. The zero-order chi connectivity index (χ0) is 24.9. The molecular weight excluding hydrogens is 448 g/mol. The lowest BCUT2D eigenvalue weighted by atomic mass is 9.98. The van der Waals surface area contributed by atoms with Crippen LogP contribution >= 0.6 is 0 Å². The molecule has 5 rings (SSSR count). The Morgan fingerprint density at radius 3 is 2.39 bits per heavy atom. The van der Waals surface area contributed by atoms with Crippen LogP contribution in [0, 0.1) is 0 Å². The van der Waals surface area contributed by atoms with Crippen molar-refractivity contribution >= 4 is 22.7 Å². The fourth-order valence-electron chi connectivity index (χ4n) is 5.10. The van der Waals surface area contributed by atoms with Crippen molar-refractivity contribution in [3.8, 4) is 0 Å². The number of aromatic nitrogens is 1. The fourth-order valence-corrected chi connectivity index (χ4v) is 5.10. The SMILES string of the molecule is CN(Cc1ccccc1)C(=O)[C@@H](Cc1ccccc1)N1CCN[C@@H](Cc2c[nH]c3ccccc23)C1=O. The number of carbonyl (C=O) groups is 2. The molecule has 6 heteroatoms. The number of carbonyl (C=O) groups excluding carboxylic acids is 2. The molecule has 1 aliphatic rings. The van der Waals surface area contributed by atoms with Gasteiger partial charge in [-0.2, -0.15) is 0 Å². The van der Waals surface area contributed by atoms with Crippen molar-refractivity contribution in [1.82, 2.24) is 20.1 Å². The van der Waals surface area contributed by atoms with E-state index < -0.39 is 6.04 Å². The Labute approximate surface area is 211 Å². The monoisotopic (exact) mass is 480 g/mol. The van der Waals surface area contributed by atoms with Gasteiger partial charge in [-0.15, -0.1) is 0 Å². The van der Waals surface area contributed by atoms with E-state index in [-0.39, 0.29) is 17.9 Å². The van der Waals surface area contributed by atoms with E-state index in [2.05, 4.69) is 16.4 Å². The number of fused-ring (bicyclic) bond motifs is 1. The second-order valence-corrected chi connectivity index (χ2v) is 9.49. The Morgan fingerprint density at radius 2 is 1.64 bits per heavy atom. The number of hydrogen-bond acceptors (Lipinski definition) is 3. The fraction of sp³-hybridized carbons (Fsp3) is 0.267. The minimum atomic E-state index is -0.554. The first-order chi connectivity index (χ1) is 17.6. The summed E-state index contributed by atoms with van der Waals surface area (Å²) in [6.45, 7) is 1.66. The van der Waals surface area contributed by atoms with E-state index in [9.17, 15) is 9.59 Å². The standard InChI is InChI=1S/C30H32N4O2/c1-33(21-23-12-6-3-7-13-23)30(36)28(18-22-10-4-2-5-11-22)34-17-16-31-27(29(34)35)19-24-20-32-26-15-9-8-14-25(24)26/h2-15,20,27-28,31-32H,16-19,21H2,1H3/t27-,28+/m0/s1. The van der Waals surface area contributed by atoms with E-state index in [0.717, 1.165) is 27.6 Å². The summed E-state index contributed by atoms with van der Waals surface area (Å²) in [5.41, 5.74) is 4.27. The van der Waals surface area contributed by atoms with E-state index in [1.54, 1.807) is 9.80 Å². The highest BCUT2D eigenvalue weighted by atomic mass is 16.2. The van der Waals surface area contributed by atoms with E-state index in [1.807, 2.05) is 92.1 Å². The molecule has 2 heterocycles. The van der Waals surface area contributed by atoms with Crippen LogP contribution in [0.3, 0.4) is 0 Å². The molecular formula is C30H32N4O2. The zero-order valence-corrected chi connectivity index (χ0v) is 20.6. The number of nitrogens with one attached hydrogen (secondary N) is 2. The lowest BCUT2D eigenvalue weighted by Gasteiger charge is -2.39. The van der Waals surface area contributed by atoms with E-state index in [1.165, 1.54) is 0 Å². The van der Waals surface area contributed by atoms with Crippen LogP contribution < -0.4 is 5.32 Å². The number of likely N-dealkylation sites (N-methyl/N-ethyl adjacent to an activating group) is 1. The third-order valence-corrected chi connectivity index (χ3v) is 7.00. The molecule has 0 saturated carbocycles. The van der Waals surface area contributed by atoms with Crippen molar-refractivity contribution in [3.05, 3.63) is 108 Å². The van der Waals surface area contributed by atoms with Gasteiger partial charge in [0.15, 0.2) is 0 Å². The number of benzene rings is 3. The summed E-state index contributed by atoms with van der Waals surface area (Å²) in [6, 6.07) is 27.1. The van der Waals surface area contributed by atoms with Gasteiger partial charge in [0.1, 0.15) is 6.04 Å². The molecule has 1 aliphatic heterocycles. The highest BCUT2D eigenvalue weighted by Gasteiger charge is 2.37. The van der Waals surface area contributed by atoms with Gasteiger partial charge in [0.2, 0.25) is 11.8 Å². The largest absolute Gasteiger partial charge is 0.361 e. The normalized spacial score (nSPS) is 16.8. The lowest BCUT2D eigenvalue weighted by Crippen LogP contribution is -2.62. The predicted molar refractivity (Wildman–Crippen MR) is 142 cm³/mol. The molecule has 2 amide bonds. The average Bonchev–Trinajstić information content (AvgIpc) is 3.32. The highest BCUT2D eigenvalue weighted by Crippen LogP contribution is 2.22. The molecule has 0 spiro atoms. The van der Waals surface area contributed by atoms with Crippen molar-refractivity contribution in [2.45, 2.75) is 31.5 Å². The van der Waals surface area contributed by atoms with Crippen molar-refractivity contribution < 1.29 is 9.59 Å². The zero-order valence-electron chi connectivity index (χ0n) is 20.6. The number of piperazine rings is 1. The van der Waals surface area contributed by atoms with Crippen LogP contribution in [-0.2, 0) is 29.0 Å². The van der Waals surface area contributed by atoms with Gasteiger partial charge in [0.05, 0.1) is 6.04 Å². The number of amides is 2. The maximum atomic E-state index is 13.8. The van der Waals surface area contributed by atoms with Crippen LogP contribution in [0.2, 0.25) is 0 Å². The van der Waals surface area contributed by atoms with Gasteiger partial charge in [-0.25, -0.2) is 0 Å². The number of aromatic amines is 1. The molecule has 2 atom stereocenters. The summed E-state index contributed by atoms with van der Waals surface area (Å²) in [7, 11) is 1.82. The van der Waals surface area contributed by atoms with Crippen molar-refractivity contribution in [2.24, 2.45) is 0 Å². The smallest absolute Gasteiger partial charge is 0.245 e.